The molecule has 0 radical (unpaired) electrons. The van der Waals surface area contributed by atoms with Crippen molar-refractivity contribution >= 4 is 43.1 Å². The van der Waals surface area contributed by atoms with Crippen LogP contribution in [0.25, 0.3) is 10.9 Å². The molecule has 3 fully saturated rings. The van der Waals surface area contributed by atoms with Crippen LogP contribution >= 0.6 is 0 Å². The highest BCUT2D eigenvalue weighted by molar-refractivity contribution is 6.74. The molecule has 3 aromatic carbocycles. The molecule has 2 aromatic heterocycles. The average Bonchev–Trinajstić information content (AvgIpc) is 3.79. The molecular formula is C53H68N4O11Si. The number of esters is 1. The fraction of sp³-hybridized carbons (Fsp3) is 0.472. The van der Waals surface area contributed by atoms with Crippen LogP contribution < -0.4 is 15.2 Å². The number of ether oxygens (including phenoxy) is 4. The number of fused-ring (bicyclic) bond motifs is 4. The minimum atomic E-state index is -2.46. The summed E-state index contributed by atoms with van der Waals surface area (Å²) in [5, 5.41) is 11.1. The van der Waals surface area contributed by atoms with Gasteiger partial charge in [-0.05, 0) is 143 Å². The Labute approximate surface area is 405 Å². The number of aromatic nitrogens is 1. The van der Waals surface area contributed by atoms with E-state index in [0.29, 0.717) is 41.2 Å². The van der Waals surface area contributed by atoms with Gasteiger partial charge in [0.2, 0.25) is 11.3 Å². The van der Waals surface area contributed by atoms with Gasteiger partial charge in [0.1, 0.15) is 35.6 Å². The molecule has 3 aliphatic heterocycles. The second-order valence-corrected chi connectivity index (χ2v) is 25.4. The number of hydrogen-bond donors (Lipinski definition) is 2. The minimum Gasteiger partial charge on any atom is -0.506 e. The molecule has 2 atom stereocenters. The van der Waals surface area contributed by atoms with Crippen LogP contribution in [0.5, 0.6) is 11.5 Å². The first-order valence-electron chi connectivity index (χ1n) is 24.0. The molecule has 5 heterocycles. The van der Waals surface area contributed by atoms with E-state index >= 15 is 0 Å². The van der Waals surface area contributed by atoms with E-state index in [4.69, 9.17) is 27.8 Å². The van der Waals surface area contributed by atoms with E-state index in [0.717, 1.165) is 43.7 Å². The third-order valence-corrected chi connectivity index (χ3v) is 17.7. The number of benzene rings is 3. The number of aromatic amines is 1. The maximum absolute atomic E-state index is 13.8. The van der Waals surface area contributed by atoms with Crippen LogP contribution in [-0.4, -0.2) is 97.4 Å². The predicted molar refractivity (Wildman–Crippen MR) is 266 cm³/mol. The number of H-pyrrole nitrogens is 1. The van der Waals surface area contributed by atoms with Gasteiger partial charge in [0.15, 0.2) is 8.32 Å². The maximum Gasteiger partial charge on any atom is 0.414 e. The number of phenols is 1. The van der Waals surface area contributed by atoms with Gasteiger partial charge < -0.3 is 42.8 Å². The van der Waals surface area contributed by atoms with Gasteiger partial charge in [0, 0.05) is 30.2 Å². The Balaban J connectivity index is 0.940. The highest BCUT2D eigenvalue weighted by atomic mass is 28.4. The lowest BCUT2D eigenvalue weighted by molar-refractivity contribution is -0.0311. The van der Waals surface area contributed by atoms with Crippen molar-refractivity contribution in [1.82, 2.24) is 14.8 Å². The van der Waals surface area contributed by atoms with Crippen LogP contribution in [0.4, 0.5) is 15.3 Å². The summed E-state index contributed by atoms with van der Waals surface area (Å²) < 4.78 is 36.5. The maximum atomic E-state index is 13.8. The summed E-state index contributed by atoms with van der Waals surface area (Å²) in [6.45, 7) is 19.8. The first kappa shape index (κ1) is 50.8. The Morgan fingerprint density at radius 2 is 1.65 bits per heavy atom. The summed E-state index contributed by atoms with van der Waals surface area (Å²) in [7, 11) is -2.46. The van der Waals surface area contributed by atoms with E-state index in [-0.39, 0.29) is 72.7 Å². The lowest BCUT2D eigenvalue weighted by Crippen LogP contribution is -2.53. The number of pyridine rings is 1. The zero-order valence-electron chi connectivity index (χ0n) is 41.2. The SMILES string of the molecule is CC(C)(C)OC(=O)N(CCCCOC(=O)c1ccc(COc2cccc(CN(C(=O)O[C@H]3CN4CCC3CC4)c3ccccc3)c2)o1)C[C@H](O[Si](C)(C)C(C)(C)C)c1ccc(O)c2[nH]c(=O)ccc12. The standard InChI is InChI=1S/C53H68N4O11Si/c1-52(2,3)67-50(61)56(34-46(68-69(7,8)53(4,5)6)41-20-22-43(58)48-42(41)21-24-47(59)54-48)27-12-13-30-63-49(60)44-23-19-40(65-44)35-64-39-18-14-15-36(31-39)32-57(38-16-10-9-11-17-38)51(62)66-45-33-55-28-25-37(45)26-29-55/h9-11,14-24,31,37,45-46,58H,12-13,25-30,32-35H2,1-8H3,(H,54,59)/t45-,46-/m0/s1. The second-order valence-electron chi connectivity index (χ2n) is 20.6. The molecule has 8 rings (SSSR count). The zero-order valence-corrected chi connectivity index (χ0v) is 42.2. The molecule has 5 aromatic rings. The van der Waals surface area contributed by atoms with E-state index in [1.165, 1.54) is 12.1 Å². The number of amides is 2. The number of aromatic hydroxyl groups is 1. The third-order valence-electron chi connectivity index (χ3n) is 13.2. The van der Waals surface area contributed by atoms with Gasteiger partial charge in [-0.2, -0.15) is 0 Å². The van der Waals surface area contributed by atoms with Crippen molar-refractivity contribution in [3.05, 3.63) is 124 Å². The molecule has 370 valence electrons. The number of unbranched alkanes of at least 4 members (excludes halogenated alkanes) is 1. The predicted octanol–water partition coefficient (Wildman–Crippen LogP) is 10.6. The van der Waals surface area contributed by atoms with Gasteiger partial charge in [0.25, 0.3) is 0 Å². The molecule has 16 heteroatoms. The largest absolute Gasteiger partial charge is 0.506 e. The Bertz CT molecular complexity index is 2610. The van der Waals surface area contributed by atoms with E-state index in [2.05, 4.69) is 43.7 Å². The molecule has 69 heavy (non-hydrogen) atoms. The number of anilines is 1. The molecule has 0 aliphatic carbocycles. The van der Waals surface area contributed by atoms with Gasteiger partial charge >= 0.3 is 18.2 Å². The van der Waals surface area contributed by atoms with E-state index in [1.807, 2.05) is 54.6 Å². The average molecular weight is 965 g/mol. The Morgan fingerprint density at radius 1 is 0.899 bits per heavy atom. The first-order chi connectivity index (χ1) is 32.7. The number of carbonyl (C=O) groups is 3. The lowest BCUT2D eigenvalue weighted by Gasteiger charge is -2.44. The first-order valence-corrected chi connectivity index (χ1v) is 26.9. The number of carbonyl (C=O) groups excluding carboxylic acids is 3. The van der Waals surface area contributed by atoms with Gasteiger partial charge in [-0.3, -0.25) is 14.6 Å². The van der Waals surface area contributed by atoms with Crippen molar-refractivity contribution in [2.45, 2.75) is 116 Å². The quantitative estimate of drug-likeness (QED) is 0.0369. The van der Waals surface area contributed by atoms with Crippen molar-refractivity contribution in [2.75, 3.05) is 44.2 Å². The summed E-state index contributed by atoms with van der Waals surface area (Å²) in [5.74, 6) is 0.721. The van der Waals surface area contributed by atoms with Gasteiger partial charge in [-0.25, -0.2) is 14.4 Å². The highest BCUT2D eigenvalue weighted by Gasteiger charge is 2.41. The van der Waals surface area contributed by atoms with E-state index in [1.54, 1.807) is 54.8 Å². The lowest BCUT2D eigenvalue weighted by atomic mass is 9.86. The molecule has 0 saturated carbocycles. The third kappa shape index (κ3) is 13.4. The van der Waals surface area contributed by atoms with Crippen molar-refractivity contribution in [2.24, 2.45) is 5.92 Å². The van der Waals surface area contributed by atoms with Gasteiger partial charge in [-0.15, -0.1) is 0 Å². The number of furan rings is 1. The molecule has 2 bridgehead atoms. The second kappa shape index (κ2) is 21.7. The van der Waals surface area contributed by atoms with Gasteiger partial charge in [-0.1, -0.05) is 57.2 Å². The minimum absolute atomic E-state index is 0.0332. The zero-order chi connectivity index (χ0) is 49.5. The van der Waals surface area contributed by atoms with Crippen molar-refractivity contribution in [3.63, 3.8) is 0 Å². The number of piperidine rings is 3. The smallest absolute Gasteiger partial charge is 0.414 e. The van der Waals surface area contributed by atoms with Crippen LogP contribution in [0.15, 0.2) is 100 Å². The number of phenolic OH excluding ortho intramolecular Hbond substituents is 1. The van der Waals surface area contributed by atoms with Crippen molar-refractivity contribution in [1.29, 1.82) is 0 Å². The normalized spacial score (nSPS) is 17.5. The summed E-state index contributed by atoms with van der Waals surface area (Å²) in [5.41, 5.74) is 1.48. The number of hydrogen-bond acceptors (Lipinski definition) is 12. The fourth-order valence-corrected chi connectivity index (χ4v) is 9.70. The molecular weight excluding hydrogens is 897 g/mol. The molecule has 2 amide bonds. The molecule has 15 nitrogen and oxygen atoms in total. The molecule has 0 unspecified atom stereocenters. The number of para-hydroxylation sites is 1. The van der Waals surface area contributed by atoms with Gasteiger partial charge in [0.05, 0.1) is 31.3 Å². The topological polar surface area (TPSA) is 173 Å². The fourth-order valence-electron chi connectivity index (χ4n) is 8.44. The number of nitrogens with zero attached hydrogens (tertiary/aromatic N) is 3. The molecule has 0 spiro atoms. The number of rotatable bonds is 18. The summed E-state index contributed by atoms with van der Waals surface area (Å²) >= 11 is 0. The summed E-state index contributed by atoms with van der Waals surface area (Å²) in [4.78, 5) is 61.3. The Kier molecular flexibility index (Phi) is 16.0. The summed E-state index contributed by atoms with van der Waals surface area (Å²) in [6, 6.07) is 26.6. The number of nitrogens with one attached hydrogen (secondary N) is 1. The van der Waals surface area contributed by atoms with Crippen LogP contribution in [-0.2, 0) is 31.8 Å². The molecule has 3 aliphatic rings. The van der Waals surface area contributed by atoms with Crippen molar-refractivity contribution in [3.8, 4) is 11.5 Å². The monoisotopic (exact) mass is 964 g/mol. The molecule has 3 saturated heterocycles. The van der Waals surface area contributed by atoms with E-state index < -0.39 is 32.1 Å². The van der Waals surface area contributed by atoms with Crippen LogP contribution in [0.2, 0.25) is 18.1 Å². The summed E-state index contributed by atoms with van der Waals surface area (Å²) in [6.07, 6.45) is 1.36. The van der Waals surface area contributed by atoms with Crippen LogP contribution in [0.1, 0.15) is 101 Å². The Hall–Kier alpha value is -6.10. The Morgan fingerprint density at radius 3 is 2.35 bits per heavy atom. The molecule has 2 N–H and O–H groups in total. The highest BCUT2D eigenvalue weighted by Crippen LogP contribution is 2.42. The van der Waals surface area contributed by atoms with E-state index in [9.17, 15) is 24.3 Å². The van der Waals surface area contributed by atoms with Crippen LogP contribution in [0.3, 0.4) is 0 Å². The van der Waals surface area contributed by atoms with Crippen molar-refractivity contribution < 1.29 is 47.3 Å². The van der Waals surface area contributed by atoms with Crippen LogP contribution in [0, 0.1) is 5.92 Å².